The maximum atomic E-state index is 12.3. The minimum absolute atomic E-state index is 0.0291. The first-order valence-corrected chi connectivity index (χ1v) is 6.96. The van der Waals surface area contributed by atoms with Crippen molar-refractivity contribution in [3.05, 3.63) is 34.9 Å². The molecule has 0 aromatic heterocycles. The summed E-state index contributed by atoms with van der Waals surface area (Å²) in [4.78, 5) is 27.1. The van der Waals surface area contributed by atoms with Crippen molar-refractivity contribution >= 4 is 12.0 Å². The van der Waals surface area contributed by atoms with Gasteiger partial charge in [-0.15, -0.1) is 0 Å². The zero-order valence-corrected chi connectivity index (χ0v) is 11.9. The highest BCUT2D eigenvalue weighted by Gasteiger charge is 2.26. The minimum Gasteiger partial charge on any atom is -0.478 e. The highest BCUT2D eigenvalue weighted by Crippen LogP contribution is 2.23. The van der Waals surface area contributed by atoms with E-state index in [1.165, 1.54) is 0 Å². The molecule has 0 bridgehead atoms. The second kappa shape index (κ2) is 5.94. The predicted molar refractivity (Wildman–Crippen MR) is 75.8 cm³/mol. The van der Waals surface area contributed by atoms with Gasteiger partial charge in [-0.25, -0.2) is 9.59 Å². The second-order valence-corrected chi connectivity index (χ2v) is 4.87. The Morgan fingerprint density at radius 3 is 2.60 bits per heavy atom. The molecule has 20 heavy (non-hydrogen) atoms. The molecule has 0 saturated heterocycles. The molecule has 0 unspecified atom stereocenters. The van der Waals surface area contributed by atoms with Gasteiger partial charge in [0.25, 0.3) is 0 Å². The van der Waals surface area contributed by atoms with Crippen LogP contribution in [-0.2, 0) is 13.0 Å². The summed E-state index contributed by atoms with van der Waals surface area (Å²) in [5.74, 6) is -0.898. The molecule has 1 aromatic rings. The van der Waals surface area contributed by atoms with Crippen molar-refractivity contribution in [1.82, 2.24) is 9.80 Å². The third-order valence-electron chi connectivity index (χ3n) is 3.80. The lowest BCUT2D eigenvalue weighted by atomic mass is 9.94. The Balaban J connectivity index is 2.22. The van der Waals surface area contributed by atoms with Crippen molar-refractivity contribution in [3.63, 3.8) is 0 Å². The van der Waals surface area contributed by atoms with Gasteiger partial charge in [0.1, 0.15) is 0 Å². The lowest BCUT2D eigenvalue weighted by molar-refractivity contribution is 0.0695. The zero-order valence-electron chi connectivity index (χ0n) is 11.9. The molecule has 5 heteroatoms. The number of rotatable bonds is 3. The Labute approximate surface area is 118 Å². The van der Waals surface area contributed by atoms with Crippen LogP contribution in [-0.4, -0.2) is 46.5 Å². The summed E-state index contributed by atoms with van der Waals surface area (Å²) in [6.45, 7) is 6.36. The van der Waals surface area contributed by atoms with Gasteiger partial charge >= 0.3 is 12.0 Å². The maximum Gasteiger partial charge on any atom is 0.335 e. The lowest BCUT2D eigenvalue weighted by Crippen LogP contribution is -2.45. The molecule has 2 rings (SSSR count). The summed E-state index contributed by atoms with van der Waals surface area (Å²) in [5.41, 5.74) is 2.16. The Bertz CT molecular complexity index is 524. The van der Waals surface area contributed by atoms with Crippen LogP contribution >= 0.6 is 0 Å². The number of carbonyl (C=O) groups is 2. The van der Waals surface area contributed by atoms with Crippen molar-refractivity contribution in [3.8, 4) is 0 Å². The summed E-state index contributed by atoms with van der Waals surface area (Å²) < 4.78 is 0. The molecule has 2 amide bonds. The van der Waals surface area contributed by atoms with Crippen molar-refractivity contribution < 1.29 is 14.7 Å². The van der Waals surface area contributed by atoms with E-state index in [-0.39, 0.29) is 6.03 Å². The third-order valence-corrected chi connectivity index (χ3v) is 3.80. The van der Waals surface area contributed by atoms with Gasteiger partial charge < -0.3 is 14.9 Å². The molecular weight excluding hydrogens is 256 g/mol. The largest absolute Gasteiger partial charge is 0.478 e. The lowest BCUT2D eigenvalue weighted by Gasteiger charge is -2.33. The van der Waals surface area contributed by atoms with Crippen LogP contribution < -0.4 is 0 Å². The number of carbonyl (C=O) groups excluding carboxylic acids is 1. The molecular formula is C15H20N2O3. The molecule has 0 atom stereocenters. The van der Waals surface area contributed by atoms with Crippen molar-refractivity contribution in [2.45, 2.75) is 26.8 Å². The van der Waals surface area contributed by atoms with Crippen LogP contribution in [0.1, 0.15) is 35.3 Å². The minimum atomic E-state index is -0.898. The van der Waals surface area contributed by atoms with Crippen LogP contribution in [0.4, 0.5) is 4.79 Å². The van der Waals surface area contributed by atoms with Gasteiger partial charge in [0.2, 0.25) is 0 Å². The maximum absolute atomic E-state index is 12.3. The fourth-order valence-electron chi connectivity index (χ4n) is 2.67. The third kappa shape index (κ3) is 2.61. The van der Waals surface area contributed by atoms with Gasteiger partial charge in [0.05, 0.1) is 5.56 Å². The monoisotopic (exact) mass is 276 g/mol. The molecule has 0 spiro atoms. The zero-order chi connectivity index (χ0) is 14.7. The molecule has 0 radical (unpaired) electrons. The highest BCUT2D eigenvalue weighted by atomic mass is 16.4. The summed E-state index contributed by atoms with van der Waals surface area (Å²) >= 11 is 0. The van der Waals surface area contributed by atoms with Crippen LogP contribution in [0.2, 0.25) is 0 Å². The van der Waals surface area contributed by atoms with E-state index in [1.807, 2.05) is 19.9 Å². The molecule has 1 aliphatic heterocycles. The fraction of sp³-hybridized carbons (Fsp3) is 0.467. The van der Waals surface area contributed by atoms with Crippen molar-refractivity contribution in [2.75, 3.05) is 19.6 Å². The summed E-state index contributed by atoms with van der Waals surface area (Å²) in [6.07, 6.45) is 0.602. The van der Waals surface area contributed by atoms with Gasteiger partial charge in [-0.1, -0.05) is 12.1 Å². The van der Waals surface area contributed by atoms with Gasteiger partial charge in [-0.05, 0) is 37.5 Å². The van der Waals surface area contributed by atoms with Gasteiger partial charge in [0, 0.05) is 26.2 Å². The van der Waals surface area contributed by atoms with Crippen LogP contribution in [0.3, 0.4) is 0 Å². The molecule has 1 aromatic carbocycles. The molecule has 1 aliphatic rings. The first kappa shape index (κ1) is 14.4. The summed E-state index contributed by atoms with van der Waals surface area (Å²) in [6, 6.07) is 5.31. The molecule has 1 N–H and O–H groups in total. The average Bonchev–Trinajstić information content (AvgIpc) is 2.47. The number of nitrogens with zero attached hydrogens (tertiary/aromatic N) is 2. The Kier molecular flexibility index (Phi) is 4.27. The first-order chi connectivity index (χ1) is 9.58. The predicted octanol–water partition coefficient (Wildman–Crippen LogP) is 2.20. The van der Waals surface area contributed by atoms with E-state index in [1.54, 1.807) is 21.9 Å². The van der Waals surface area contributed by atoms with Crippen LogP contribution in [0, 0.1) is 0 Å². The normalized spacial score (nSPS) is 13.8. The van der Waals surface area contributed by atoms with Crippen LogP contribution in [0.25, 0.3) is 0 Å². The smallest absolute Gasteiger partial charge is 0.335 e. The Morgan fingerprint density at radius 1 is 1.30 bits per heavy atom. The molecule has 0 aliphatic carbocycles. The van der Waals surface area contributed by atoms with E-state index in [0.717, 1.165) is 11.1 Å². The number of urea groups is 1. The van der Waals surface area contributed by atoms with E-state index in [2.05, 4.69) is 0 Å². The SMILES string of the molecule is CCN(CC)C(=O)N1CCc2c(cccc2C(=O)O)C1. The quantitative estimate of drug-likeness (QED) is 0.920. The molecule has 108 valence electrons. The highest BCUT2D eigenvalue weighted by molar-refractivity contribution is 5.90. The van der Waals surface area contributed by atoms with E-state index in [9.17, 15) is 14.7 Å². The van der Waals surface area contributed by atoms with E-state index >= 15 is 0 Å². The Morgan fingerprint density at radius 2 is 2.00 bits per heavy atom. The van der Waals surface area contributed by atoms with Gasteiger partial charge in [-0.2, -0.15) is 0 Å². The number of benzene rings is 1. The average molecular weight is 276 g/mol. The number of fused-ring (bicyclic) bond motifs is 1. The van der Waals surface area contributed by atoms with E-state index < -0.39 is 5.97 Å². The first-order valence-electron chi connectivity index (χ1n) is 6.96. The number of carboxylic acid groups (broad SMARTS) is 1. The van der Waals surface area contributed by atoms with E-state index in [0.29, 0.717) is 38.2 Å². The molecule has 0 saturated carbocycles. The number of hydrogen-bond donors (Lipinski definition) is 1. The van der Waals surface area contributed by atoms with Gasteiger partial charge in [-0.3, -0.25) is 0 Å². The topological polar surface area (TPSA) is 60.9 Å². The van der Waals surface area contributed by atoms with Gasteiger partial charge in [0.15, 0.2) is 0 Å². The molecule has 1 heterocycles. The number of amides is 2. The second-order valence-electron chi connectivity index (χ2n) is 4.87. The van der Waals surface area contributed by atoms with Crippen molar-refractivity contribution in [1.29, 1.82) is 0 Å². The van der Waals surface area contributed by atoms with E-state index in [4.69, 9.17) is 0 Å². The Hall–Kier alpha value is -2.04. The van der Waals surface area contributed by atoms with Crippen molar-refractivity contribution in [2.24, 2.45) is 0 Å². The summed E-state index contributed by atoms with van der Waals surface area (Å²) in [5, 5.41) is 9.19. The number of hydrogen-bond acceptors (Lipinski definition) is 2. The fourth-order valence-corrected chi connectivity index (χ4v) is 2.67. The number of carboxylic acids is 1. The molecule has 5 nitrogen and oxygen atoms in total. The molecule has 0 fully saturated rings. The van der Waals surface area contributed by atoms with Crippen LogP contribution in [0.15, 0.2) is 18.2 Å². The summed E-state index contributed by atoms with van der Waals surface area (Å²) in [7, 11) is 0. The van der Waals surface area contributed by atoms with Crippen LogP contribution in [0.5, 0.6) is 0 Å². The standard InChI is InChI=1S/C15H20N2O3/c1-3-16(4-2)15(20)17-9-8-12-11(10-17)6-5-7-13(12)14(18)19/h5-7H,3-4,8-10H2,1-2H3,(H,18,19). The number of aromatic carboxylic acids is 1.